The molecule has 0 aliphatic carbocycles. The summed E-state index contributed by atoms with van der Waals surface area (Å²) in [6, 6.07) is 7.94. The standard InChI is InChI=1S/C22H25ClF3N3O2/c1-15(2)7-12-31-18-5-3-16(4-6-18)21(30)29-10-8-28(9-11-29)20-19(23)13-17(14-27-20)22(24,25)26/h3-6,13-15H,7-12H2,1-2H3. The second kappa shape index (κ2) is 9.77. The number of alkyl halides is 3. The highest BCUT2D eigenvalue weighted by Gasteiger charge is 2.32. The lowest BCUT2D eigenvalue weighted by atomic mass is 10.1. The Morgan fingerprint density at radius 1 is 1.16 bits per heavy atom. The van der Waals surface area contributed by atoms with Gasteiger partial charge in [-0.25, -0.2) is 4.98 Å². The monoisotopic (exact) mass is 455 g/mol. The second-order valence-corrected chi connectivity index (χ2v) is 8.27. The maximum Gasteiger partial charge on any atom is 0.417 e. The van der Waals surface area contributed by atoms with Crippen molar-refractivity contribution in [1.29, 1.82) is 0 Å². The van der Waals surface area contributed by atoms with Crippen molar-refractivity contribution in [3.05, 3.63) is 52.7 Å². The minimum atomic E-state index is -4.49. The fourth-order valence-electron chi connectivity index (χ4n) is 3.23. The summed E-state index contributed by atoms with van der Waals surface area (Å²) in [5, 5.41) is -0.0531. The SMILES string of the molecule is CC(C)CCOc1ccc(C(=O)N2CCN(c3ncc(C(F)(F)F)cc3Cl)CC2)cc1. The van der Waals surface area contributed by atoms with E-state index in [9.17, 15) is 18.0 Å². The molecule has 1 fully saturated rings. The zero-order valence-corrected chi connectivity index (χ0v) is 18.2. The number of aromatic nitrogens is 1. The quantitative estimate of drug-likeness (QED) is 0.605. The number of carbonyl (C=O) groups is 1. The van der Waals surface area contributed by atoms with Gasteiger partial charge in [-0.05, 0) is 42.7 Å². The van der Waals surface area contributed by atoms with E-state index in [1.165, 1.54) is 0 Å². The number of piperazine rings is 1. The molecule has 2 aromatic rings. The number of halogens is 4. The predicted octanol–water partition coefficient (Wildman–Crippen LogP) is 5.14. The fourth-order valence-corrected chi connectivity index (χ4v) is 3.51. The molecular formula is C22H25ClF3N3O2. The van der Waals surface area contributed by atoms with Crippen LogP contribution >= 0.6 is 11.6 Å². The molecule has 1 amide bonds. The Morgan fingerprint density at radius 2 is 1.81 bits per heavy atom. The Labute approximate surface area is 184 Å². The van der Waals surface area contributed by atoms with Gasteiger partial charge >= 0.3 is 6.18 Å². The Balaban J connectivity index is 1.56. The molecule has 9 heteroatoms. The lowest BCUT2D eigenvalue weighted by Crippen LogP contribution is -2.49. The number of pyridine rings is 1. The molecule has 2 heterocycles. The van der Waals surface area contributed by atoms with Crippen LogP contribution in [0.5, 0.6) is 5.75 Å². The molecule has 0 saturated carbocycles. The molecule has 0 atom stereocenters. The van der Waals surface area contributed by atoms with Gasteiger partial charge in [-0.1, -0.05) is 25.4 Å². The van der Waals surface area contributed by atoms with E-state index in [0.29, 0.717) is 50.1 Å². The third kappa shape index (κ3) is 6.03. The smallest absolute Gasteiger partial charge is 0.417 e. The van der Waals surface area contributed by atoms with Crippen molar-refractivity contribution in [3.8, 4) is 5.75 Å². The molecule has 5 nitrogen and oxygen atoms in total. The maximum absolute atomic E-state index is 12.8. The molecule has 31 heavy (non-hydrogen) atoms. The number of ether oxygens (including phenoxy) is 1. The molecular weight excluding hydrogens is 431 g/mol. The number of hydrogen-bond donors (Lipinski definition) is 0. The van der Waals surface area contributed by atoms with E-state index in [4.69, 9.17) is 16.3 Å². The molecule has 1 aliphatic rings. The number of carbonyl (C=O) groups excluding carboxylic acids is 1. The fraction of sp³-hybridized carbons (Fsp3) is 0.455. The van der Waals surface area contributed by atoms with E-state index in [-0.39, 0.29) is 10.9 Å². The highest BCUT2D eigenvalue weighted by Crippen LogP contribution is 2.33. The van der Waals surface area contributed by atoms with Gasteiger partial charge < -0.3 is 14.5 Å². The highest BCUT2D eigenvalue weighted by molar-refractivity contribution is 6.33. The van der Waals surface area contributed by atoms with Gasteiger partial charge in [0.15, 0.2) is 0 Å². The van der Waals surface area contributed by atoms with Crippen LogP contribution in [0.25, 0.3) is 0 Å². The van der Waals surface area contributed by atoms with Gasteiger partial charge in [-0.15, -0.1) is 0 Å². The molecule has 168 valence electrons. The molecule has 1 saturated heterocycles. The number of rotatable bonds is 6. The summed E-state index contributed by atoms with van der Waals surface area (Å²) in [7, 11) is 0. The Hall–Kier alpha value is -2.48. The number of hydrogen-bond acceptors (Lipinski definition) is 4. The van der Waals surface area contributed by atoms with Crippen LogP contribution in [0.15, 0.2) is 36.5 Å². The summed E-state index contributed by atoms with van der Waals surface area (Å²) in [6.45, 7) is 6.60. The van der Waals surface area contributed by atoms with Crippen molar-refractivity contribution < 1.29 is 22.7 Å². The number of amides is 1. The van der Waals surface area contributed by atoms with Crippen LogP contribution in [0.3, 0.4) is 0 Å². The Morgan fingerprint density at radius 3 is 2.35 bits per heavy atom. The minimum Gasteiger partial charge on any atom is -0.494 e. The molecule has 0 spiro atoms. The van der Waals surface area contributed by atoms with E-state index in [2.05, 4.69) is 18.8 Å². The largest absolute Gasteiger partial charge is 0.494 e. The first-order chi connectivity index (χ1) is 14.6. The van der Waals surface area contributed by atoms with Crippen molar-refractivity contribution in [3.63, 3.8) is 0 Å². The van der Waals surface area contributed by atoms with Gasteiger partial charge in [0.1, 0.15) is 11.6 Å². The van der Waals surface area contributed by atoms with Crippen molar-refractivity contribution in [2.24, 2.45) is 5.92 Å². The van der Waals surface area contributed by atoms with Crippen LogP contribution < -0.4 is 9.64 Å². The van der Waals surface area contributed by atoms with Crippen LogP contribution in [0, 0.1) is 5.92 Å². The van der Waals surface area contributed by atoms with E-state index in [0.717, 1.165) is 24.4 Å². The zero-order valence-electron chi connectivity index (χ0n) is 17.5. The van der Waals surface area contributed by atoms with Crippen LogP contribution in [-0.4, -0.2) is 48.6 Å². The van der Waals surface area contributed by atoms with Crippen LogP contribution in [0.2, 0.25) is 5.02 Å². The van der Waals surface area contributed by atoms with Crippen molar-refractivity contribution >= 4 is 23.3 Å². The summed E-state index contributed by atoms with van der Waals surface area (Å²) in [5.74, 6) is 1.49. The highest BCUT2D eigenvalue weighted by atomic mass is 35.5. The average Bonchev–Trinajstić information content (AvgIpc) is 2.73. The van der Waals surface area contributed by atoms with E-state index >= 15 is 0 Å². The summed E-state index contributed by atoms with van der Waals surface area (Å²) in [4.78, 5) is 20.2. The number of nitrogens with zero attached hydrogens (tertiary/aromatic N) is 3. The third-order valence-corrected chi connectivity index (χ3v) is 5.36. The third-order valence-electron chi connectivity index (χ3n) is 5.08. The minimum absolute atomic E-state index is 0.0531. The molecule has 0 radical (unpaired) electrons. The molecule has 0 bridgehead atoms. The lowest BCUT2D eigenvalue weighted by molar-refractivity contribution is -0.137. The van der Waals surface area contributed by atoms with E-state index in [1.807, 2.05) is 0 Å². The zero-order chi connectivity index (χ0) is 22.6. The first-order valence-electron chi connectivity index (χ1n) is 10.1. The van der Waals surface area contributed by atoms with Crippen LogP contribution in [0.4, 0.5) is 19.0 Å². The van der Waals surface area contributed by atoms with Crippen molar-refractivity contribution in [2.75, 3.05) is 37.7 Å². The maximum atomic E-state index is 12.8. The lowest BCUT2D eigenvalue weighted by Gasteiger charge is -2.35. The summed E-state index contributed by atoms with van der Waals surface area (Å²) in [6.07, 6.45) is -2.75. The van der Waals surface area contributed by atoms with Crippen LogP contribution in [-0.2, 0) is 6.18 Å². The van der Waals surface area contributed by atoms with Gasteiger partial charge in [0.05, 0.1) is 17.2 Å². The first kappa shape index (κ1) is 23.2. The molecule has 3 rings (SSSR count). The summed E-state index contributed by atoms with van der Waals surface area (Å²) < 4.78 is 44.1. The van der Waals surface area contributed by atoms with Crippen molar-refractivity contribution in [2.45, 2.75) is 26.4 Å². The first-order valence-corrected chi connectivity index (χ1v) is 10.5. The molecule has 1 aliphatic heterocycles. The van der Waals surface area contributed by atoms with Gasteiger partial charge in [-0.3, -0.25) is 4.79 Å². The summed E-state index contributed by atoms with van der Waals surface area (Å²) in [5.41, 5.74) is -0.318. The summed E-state index contributed by atoms with van der Waals surface area (Å²) >= 11 is 6.04. The average molecular weight is 456 g/mol. The number of benzene rings is 1. The molecule has 0 N–H and O–H groups in total. The molecule has 1 aromatic heterocycles. The van der Waals surface area contributed by atoms with Gasteiger partial charge in [0.2, 0.25) is 0 Å². The van der Waals surface area contributed by atoms with E-state index in [1.54, 1.807) is 34.1 Å². The number of anilines is 1. The Bertz CT molecular complexity index is 896. The Kier molecular flexibility index (Phi) is 7.30. The van der Waals surface area contributed by atoms with E-state index < -0.39 is 11.7 Å². The molecule has 1 aromatic carbocycles. The normalized spacial score (nSPS) is 14.8. The predicted molar refractivity (Wildman–Crippen MR) is 114 cm³/mol. The van der Waals surface area contributed by atoms with Crippen molar-refractivity contribution in [1.82, 2.24) is 9.88 Å². The van der Waals surface area contributed by atoms with Gasteiger partial charge in [-0.2, -0.15) is 13.2 Å². The molecule has 0 unspecified atom stereocenters. The van der Waals surface area contributed by atoms with Gasteiger partial charge in [0, 0.05) is 37.9 Å². The van der Waals surface area contributed by atoms with Gasteiger partial charge in [0.25, 0.3) is 5.91 Å². The second-order valence-electron chi connectivity index (χ2n) is 7.86. The van der Waals surface area contributed by atoms with Crippen LogP contribution in [0.1, 0.15) is 36.2 Å². The topological polar surface area (TPSA) is 45.7 Å².